The van der Waals surface area contributed by atoms with Crippen LogP contribution in [0.15, 0.2) is 30.3 Å². The molecule has 0 saturated carbocycles. The first kappa shape index (κ1) is 13.3. The van der Waals surface area contributed by atoms with E-state index < -0.39 is 0 Å². The molecule has 0 aliphatic heterocycles. The molecule has 0 aliphatic rings. The van der Waals surface area contributed by atoms with E-state index in [-0.39, 0.29) is 12.5 Å². The van der Waals surface area contributed by atoms with Crippen molar-refractivity contribution >= 4 is 11.6 Å². The highest BCUT2D eigenvalue weighted by atomic mass is 16.3. The summed E-state index contributed by atoms with van der Waals surface area (Å²) >= 11 is 0. The largest absolute Gasteiger partial charge is 0.392 e. The molecule has 0 bridgehead atoms. The molecule has 0 atom stereocenters. The molecule has 19 heavy (non-hydrogen) atoms. The summed E-state index contributed by atoms with van der Waals surface area (Å²) in [5.74, 6) is -0.226. The van der Waals surface area contributed by atoms with Crippen LogP contribution in [0.1, 0.15) is 28.7 Å². The van der Waals surface area contributed by atoms with Crippen LogP contribution in [0.2, 0.25) is 0 Å². The highest BCUT2D eigenvalue weighted by Crippen LogP contribution is 2.16. The van der Waals surface area contributed by atoms with Crippen molar-refractivity contribution < 1.29 is 9.90 Å². The highest BCUT2D eigenvalue weighted by molar-refractivity contribution is 6.03. The van der Waals surface area contributed by atoms with Crippen LogP contribution in [0, 0.1) is 0 Å². The lowest BCUT2D eigenvalue weighted by molar-refractivity contribution is 0.101. The SMILES string of the molecule is CCc1cc(C(=O)Nc2ccccc2CO)n(C)n1. The van der Waals surface area contributed by atoms with Gasteiger partial charge in [0.2, 0.25) is 0 Å². The number of nitrogens with one attached hydrogen (secondary N) is 1. The van der Waals surface area contributed by atoms with Crippen molar-refractivity contribution in [1.29, 1.82) is 0 Å². The van der Waals surface area contributed by atoms with E-state index in [4.69, 9.17) is 0 Å². The van der Waals surface area contributed by atoms with E-state index >= 15 is 0 Å². The zero-order chi connectivity index (χ0) is 13.8. The predicted molar refractivity (Wildman–Crippen MR) is 72.9 cm³/mol. The van der Waals surface area contributed by atoms with E-state index in [0.29, 0.717) is 16.9 Å². The molecule has 0 radical (unpaired) electrons. The number of aliphatic hydroxyl groups is 1. The van der Waals surface area contributed by atoms with E-state index in [1.807, 2.05) is 19.1 Å². The molecule has 100 valence electrons. The zero-order valence-electron chi connectivity index (χ0n) is 11.1. The quantitative estimate of drug-likeness (QED) is 0.878. The Morgan fingerprint density at radius 2 is 2.16 bits per heavy atom. The average Bonchev–Trinajstić information content (AvgIpc) is 2.80. The second-order valence-electron chi connectivity index (χ2n) is 4.27. The van der Waals surface area contributed by atoms with E-state index in [0.717, 1.165) is 12.1 Å². The number of para-hydroxylation sites is 1. The number of amides is 1. The van der Waals surface area contributed by atoms with Gasteiger partial charge in [0.15, 0.2) is 0 Å². The average molecular weight is 259 g/mol. The van der Waals surface area contributed by atoms with Crippen molar-refractivity contribution in [3.05, 3.63) is 47.3 Å². The first-order chi connectivity index (χ1) is 9.15. The molecule has 2 aromatic rings. The van der Waals surface area contributed by atoms with Gasteiger partial charge < -0.3 is 10.4 Å². The smallest absolute Gasteiger partial charge is 0.273 e. The summed E-state index contributed by atoms with van der Waals surface area (Å²) in [5, 5.41) is 16.3. The second kappa shape index (κ2) is 5.67. The molecule has 0 aliphatic carbocycles. The lowest BCUT2D eigenvalue weighted by Gasteiger charge is -2.09. The van der Waals surface area contributed by atoms with Crippen LogP contribution < -0.4 is 5.32 Å². The summed E-state index contributed by atoms with van der Waals surface area (Å²) in [6.45, 7) is 1.88. The van der Waals surface area contributed by atoms with Crippen molar-refractivity contribution in [2.45, 2.75) is 20.0 Å². The molecule has 0 saturated heterocycles. The highest BCUT2D eigenvalue weighted by Gasteiger charge is 2.13. The molecule has 5 nitrogen and oxygen atoms in total. The number of aryl methyl sites for hydroxylation is 2. The van der Waals surface area contributed by atoms with Gasteiger partial charge in [0, 0.05) is 18.3 Å². The maximum atomic E-state index is 12.2. The third-order valence-corrected chi connectivity index (χ3v) is 2.96. The fourth-order valence-electron chi connectivity index (χ4n) is 1.88. The van der Waals surface area contributed by atoms with Crippen LogP contribution in [-0.2, 0) is 20.1 Å². The van der Waals surface area contributed by atoms with Gasteiger partial charge in [0.25, 0.3) is 5.91 Å². The van der Waals surface area contributed by atoms with Gasteiger partial charge in [-0.1, -0.05) is 25.1 Å². The number of rotatable bonds is 4. The van der Waals surface area contributed by atoms with Crippen LogP contribution in [0.3, 0.4) is 0 Å². The van der Waals surface area contributed by atoms with Crippen LogP contribution >= 0.6 is 0 Å². The summed E-state index contributed by atoms with van der Waals surface area (Å²) < 4.78 is 1.57. The normalized spacial score (nSPS) is 10.5. The molecule has 1 heterocycles. The van der Waals surface area contributed by atoms with Crippen LogP contribution in [-0.4, -0.2) is 20.8 Å². The third-order valence-electron chi connectivity index (χ3n) is 2.96. The number of aromatic nitrogens is 2. The Labute approximate surface area is 111 Å². The first-order valence-electron chi connectivity index (χ1n) is 6.18. The molecule has 0 spiro atoms. The molecule has 1 aromatic heterocycles. The number of nitrogens with zero attached hydrogens (tertiary/aromatic N) is 2. The summed E-state index contributed by atoms with van der Waals surface area (Å²) in [6, 6.07) is 8.95. The van der Waals surface area contributed by atoms with Gasteiger partial charge in [-0.05, 0) is 18.6 Å². The number of hydrogen-bond donors (Lipinski definition) is 2. The molecule has 0 fully saturated rings. The number of anilines is 1. The Hall–Kier alpha value is -2.14. The van der Waals surface area contributed by atoms with E-state index in [1.165, 1.54) is 0 Å². The van der Waals surface area contributed by atoms with Gasteiger partial charge in [-0.25, -0.2) is 0 Å². The molecule has 0 unspecified atom stereocenters. The molecule has 2 N–H and O–H groups in total. The minimum absolute atomic E-state index is 0.109. The maximum Gasteiger partial charge on any atom is 0.273 e. The van der Waals surface area contributed by atoms with Gasteiger partial charge >= 0.3 is 0 Å². The number of carbonyl (C=O) groups is 1. The minimum atomic E-state index is -0.226. The standard InChI is InChI=1S/C14H17N3O2/c1-3-11-8-13(17(2)16-11)14(19)15-12-7-5-4-6-10(12)9-18/h4-8,18H,3,9H2,1-2H3,(H,15,19). The first-order valence-corrected chi connectivity index (χ1v) is 6.18. The maximum absolute atomic E-state index is 12.2. The molecule has 2 rings (SSSR count). The van der Waals surface area contributed by atoms with Crippen molar-refractivity contribution in [3.8, 4) is 0 Å². The predicted octanol–water partition coefficient (Wildman–Crippen LogP) is 1.73. The third kappa shape index (κ3) is 2.82. The number of benzene rings is 1. The van der Waals surface area contributed by atoms with Crippen LogP contribution in [0.4, 0.5) is 5.69 Å². The number of hydrogen-bond acceptors (Lipinski definition) is 3. The van der Waals surface area contributed by atoms with Gasteiger partial charge in [-0.3, -0.25) is 9.48 Å². The molecular formula is C14H17N3O2. The van der Waals surface area contributed by atoms with Crippen LogP contribution in [0.5, 0.6) is 0 Å². The Bertz CT molecular complexity index is 590. The lowest BCUT2D eigenvalue weighted by Crippen LogP contribution is -2.17. The number of aliphatic hydroxyl groups excluding tert-OH is 1. The van der Waals surface area contributed by atoms with Gasteiger partial charge in [0.05, 0.1) is 12.3 Å². The summed E-state index contributed by atoms with van der Waals surface area (Å²) in [7, 11) is 1.74. The van der Waals surface area contributed by atoms with Crippen LogP contribution in [0.25, 0.3) is 0 Å². The Balaban J connectivity index is 2.23. The second-order valence-corrected chi connectivity index (χ2v) is 4.27. The van der Waals surface area contributed by atoms with E-state index in [1.54, 1.807) is 29.9 Å². The molecule has 1 aromatic carbocycles. The Kier molecular flexibility index (Phi) is 3.97. The monoisotopic (exact) mass is 259 g/mol. The topological polar surface area (TPSA) is 67.2 Å². The van der Waals surface area contributed by atoms with Crippen molar-refractivity contribution in [3.63, 3.8) is 0 Å². The van der Waals surface area contributed by atoms with Crippen molar-refractivity contribution in [2.75, 3.05) is 5.32 Å². The van der Waals surface area contributed by atoms with Gasteiger partial charge in [-0.2, -0.15) is 5.10 Å². The summed E-state index contributed by atoms with van der Waals surface area (Å²) in [6.07, 6.45) is 0.786. The fraction of sp³-hybridized carbons (Fsp3) is 0.286. The Morgan fingerprint density at radius 1 is 1.42 bits per heavy atom. The van der Waals surface area contributed by atoms with E-state index in [9.17, 15) is 9.90 Å². The summed E-state index contributed by atoms with van der Waals surface area (Å²) in [4.78, 5) is 12.2. The van der Waals surface area contributed by atoms with E-state index in [2.05, 4.69) is 10.4 Å². The minimum Gasteiger partial charge on any atom is -0.392 e. The Morgan fingerprint density at radius 3 is 2.79 bits per heavy atom. The zero-order valence-corrected chi connectivity index (χ0v) is 11.1. The molecule has 5 heteroatoms. The molecular weight excluding hydrogens is 242 g/mol. The van der Waals surface area contributed by atoms with Crippen molar-refractivity contribution in [1.82, 2.24) is 9.78 Å². The van der Waals surface area contributed by atoms with Crippen molar-refractivity contribution in [2.24, 2.45) is 7.05 Å². The van der Waals surface area contributed by atoms with Gasteiger partial charge in [-0.15, -0.1) is 0 Å². The number of carbonyl (C=O) groups excluding carboxylic acids is 1. The summed E-state index contributed by atoms with van der Waals surface area (Å²) in [5.41, 5.74) is 2.69. The van der Waals surface area contributed by atoms with Gasteiger partial charge in [0.1, 0.15) is 5.69 Å². The molecule has 1 amide bonds. The fourth-order valence-corrected chi connectivity index (χ4v) is 1.88. The lowest BCUT2D eigenvalue weighted by atomic mass is 10.2.